The van der Waals surface area contributed by atoms with Gasteiger partial charge >= 0.3 is 5.69 Å². The Hall–Kier alpha value is -3.65. The summed E-state index contributed by atoms with van der Waals surface area (Å²) in [5.74, 6) is 0.575. The minimum absolute atomic E-state index is 0.0492. The van der Waals surface area contributed by atoms with Gasteiger partial charge in [-0.1, -0.05) is 44.2 Å². The summed E-state index contributed by atoms with van der Waals surface area (Å²) in [5.41, 5.74) is 2.02. The number of para-hydroxylation sites is 1. The lowest BCUT2D eigenvalue weighted by Gasteiger charge is -2.14. The molecule has 170 valence electrons. The van der Waals surface area contributed by atoms with Gasteiger partial charge in [0.05, 0.1) is 19.2 Å². The minimum Gasteiger partial charge on any atom is -0.496 e. The highest BCUT2D eigenvalue weighted by molar-refractivity contribution is 7.17. The summed E-state index contributed by atoms with van der Waals surface area (Å²) >= 11 is 1.25. The van der Waals surface area contributed by atoms with Crippen LogP contribution in [0.4, 0.5) is 5.69 Å². The molecule has 0 aliphatic heterocycles. The Balaban J connectivity index is 1.70. The van der Waals surface area contributed by atoms with Crippen LogP contribution in [0.5, 0.6) is 5.75 Å². The third-order valence-corrected chi connectivity index (χ3v) is 6.39. The van der Waals surface area contributed by atoms with Crippen molar-refractivity contribution in [2.45, 2.75) is 32.9 Å². The van der Waals surface area contributed by atoms with Crippen LogP contribution in [0.15, 0.2) is 69.6 Å². The third kappa shape index (κ3) is 4.61. The zero-order chi connectivity index (χ0) is 23.5. The Morgan fingerprint density at radius 3 is 2.61 bits per heavy atom. The van der Waals surface area contributed by atoms with E-state index < -0.39 is 5.69 Å². The van der Waals surface area contributed by atoms with Crippen LogP contribution in [0.3, 0.4) is 0 Å². The highest BCUT2D eigenvalue weighted by atomic mass is 32.1. The Kier molecular flexibility index (Phi) is 6.46. The molecule has 0 unspecified atom stereocenters. The Morgan fingerprint density at radius 2 is 1.85 bits per heavy atom. The number of hydrogen-bond acceptors (Lipinski definition) is 5. The second-order valence-electron chi connectivity index (χ2n) is 8.04. The van der Waals surface area contributed by atoms with Gasteiger partial charge in [0.15, 0.2) is 0 Å². The summed E-state index contributed by atoms with van der Waals surface area (Å²) in [7, 11) is 1.54. The van der Waals surface area contributed by atoms with Crippen molar-refractivity contribution < 1.29 is 9.53 Å². The molecule has 4 rings (SSSR count). The standard InChI is InChI=1S/C25H25N3O4S/c1-16(2)17-8-6-9-19(13-17)26-22(29)15-27-20-11-12-33-23(20)24(30)28(25(27)31)14-18-7-4-5-10-21(18)32-3/h4-13,16H,14-15H2,1-3H3,(H,26,29). The molecule has 2 aromatic carbocycles. The van der Waals surface area contributed by atoms with Gasteiger partial charge in [0.2, 0.25) is 5.91 Å². The normalized spacial score (nSPS) is 11.2. The molecule has 0 saturated carbocycles. The summed E-state index contributed by atoms with van der Waals surface area (Å²) in [6.45, 7) is 4.01. The highest BCUT2D eigenvalue weighted by Gasteiger charge is 2.18. The Bertz CT molecular complexity index is 1430. The van der Waals surface area contributed by atoms with E-state index in [9.17, 15) is 14.4 Å². The number of benzene rings is 2. The predicted molar refractivity (Wildman–Crippen MR) is 132 cm³/mol. The van der Waals surface area contributed by atoms with Crippen LogP contribution >= 0.6 is 11.3 Å². The van der Waals surface area contributed by atoms with Gasteiger partial charge in [-0.2, -0.15) is 0 Å². The molecule has 0 radical (unpaired) electrons. The van der Waals surface area contributed by atoms with Gasteiger partial charge in [0, 0.05) is 11.3 Å². The van der Waals surface area contributed by atoms with Gasteiger partial charge in [-0.25, -0.2) is 4.79 Å². The number of methoxy groups -OCH3 is 1. The van der Waals surface area contributed by atoms with Gasteiger partial charge < -0.3 is 10.1 Å². The summed E-state index contributed by atoms with van der Waals surface area (Å²) in [6, 6.07) is 16.6. The number of nitrogens with one attached hydrogen (secondary N) is 1. The molecule has 0 aliphatic rings. The second-order valence-corrected chi connectivity index (χ2v) is 8.95. The fourth-order valence-electron chi connectivity index (χ4n) is 3.75. The average Bonchev–Trinajstić information content (AvgIpc) is 3.30. The van der Waals surface area contributed by atoms with Crippen LogP contribution in [0, 0.1) is 0 Å². The first-order valence-corrected chi connectivity index (χ1v) is 11.5. The van der Waals surface area contributed by atoms with Crippen LogP contribution in [0.2, 0.25) is 0 Å². The van der Waals surface area contributed by atoms with E-state index in [0.29, 0.717) is 33.1 Å². The fourth-order valence-corrected chi connectivity index (χ4v) is 4.59. The molecule has 8 heteroatoms. The van der Waals surface area contributed by atoms with E-state index in [1.807, 2.05) is 42.5 Å². The number of thiophene rings is 1. The van der Waals surface area contributed by atoms with Crippen LogP contribution in [0.25, 0.3) is 10.2 Å². The zero-order valence-electron chi connectivity index (χ0n) is 18.7. The van der Waals surface area contributed by atoms with Crippen molar-refractivity contribution in [3.63, 3.8) is 0 Å². The van der Waals surface area contributed by atoms with E-state index in [1.54, 1.807) is 24.6 Å². The number of ether oxygens (including phenoxy) is 1. The summed E-state index contributed by atoms with van der Waals surface area (Å²) < 4.78 is 8.31. The molecule has 1 amide bonds. The molecular formula is C25H25N3O4S. The molecule has 0 aliphatic carbocycles. The highest BCUT2D eigenvalue weighted by Crippen LogP contribution is 2.20. The number of amides is 1. The topological polar surface area (TPSA) is 82.3 Å². The maximum atomic E-state index is 13.3. The molecule has 1 N–H and O–H groups in total. The molecule has 2 aromatic heterocycles. The number of carbonyl (C=O) groups excluding carboxylic acids is 1. The van der Waals surface area contributed by atoms with Gasteiger partial charge in [0.1, 0.15) is 17.0 Å². The van der Waals surface area contributed by atoms with Crippen molar-refractivity contribution in [2.24, 2.45) is 0 Å². The second kappa shape index (κ2) is 9.46. The van der Waals surface area contributed by atoms with Crippen molar-refractivity contribution in [1.82, 2.24) is 9.13 Å². The van der Waals surface area contributed by atoms with E-state index in [2.05, 4.69) is 19.2 Å². The number of aromatic nitrogens is 2. The number of fused-ring (bicyclic) bond motifs is 1. The third-order valence-electron chi connectivity index (χ3n) is 5.50. The SMILES string of the molecule is COc1ccccc1Cn1c(=O)c2sccc2n(CC(=O)Nc2cccc(C(C)C)c2)c1=O. The van der Waals surface area contributed by atoms with Crippen LogP contribution in [-0.2, 0) is 17.9 Å². The quantitative estimate of drug-likeness (QED) is 0.448. The maximum Gasteiger partial charge on any atom is 0.332 e. The zero-order valence-corrected chi connectivity index (χ0v) is 19.5. The summed E-state index contributed by atoms with van der Waals surface area (Å²) in [6.07, 6.45) is 0. The van der Waals surface area contributed by atoms with Crippen molar-refractivity contribution in [1.29, 1.82) is 0 Å². The van der Waals surface area contributed by atoms with Crippen molar-refractivity contribution in [3.05, 3.63) is 91.9 Å². The number of hydrogen-bond donors (Lipinski definition) is 1. The first-order chi connectivity index (χ1) is 15.9. The van der Waals surface area contributed by atoms with Gasteiger partial charge in [-0.05, 0) is 41.1 Å². The number of nitrogens with zero attached hydrogens (tertiary/aromatic N) is 2. The molecule has 33 heavy (non-hydrogen) atoms. The van der Waals surface area contributed by atoms with Crippen LogP contribution in [0.1, 0.15) is 30.9 Å². The van der Waals surface area contributed by atoms with E-state index >= 15 is 0 Å². The van der Waals surface area contributed by atoms with Crippen molar-refractivity contribution in [3.8, 4) is 5.75 Å². The van der Waals surface area contributed by atoms with Crippen LogP contribution < -0.4 is 21.3 Å². The number of carbonyl (C=O) groups is 1. The lowest BCUT2D eigenvalue weighted by Crippen LogP contribution is -2.41. The first-order valence-electron chi connectivity index (χ1n) is 10.6. The Labute approximate surface area is 194 Å². The molecule has 0 spiro atoms. The monoisotopic (exact) mass is 463 g/mol. The van der Waals surface area contributed by atoms with Gasteiger partial charge in [0.25, 0.3) is 5.56 Å². The fraction of sp³-hybridized carbons (Fsp3) is 0.240. The van der Waals surface area contributed by atoms with Crippen molar-refractivity contribution in [2.75, 3.05) is 12.4 Å². The van der Waals surface area contributed by atoms with Crippen molar-refractivity contribution >= 4 is 33.1 Å². The molecule has 2 heterocycles. The van der Waals surface area contributed by atoms with Crippen LogP contribution in [-0.4, -0.2) is 22.2 Å². The van der Waals surface area contributed by atoms with E-state index in [-0.39, 0.29) is 24.6 Å². The average molecular weight is 464 g/mol. The molecule has 0 atom stereocenters. The van der Waals surface area contributed by atoms with Gasteiger partial charge in [-0.15, -0.1) is 11.3 Å². The van der Waals surface area contributed by atoms with E-state index in [0.717, 1.165) is 10.1 Å². The number of anilines is 1. The summed E-state index contributed by atoms with van der Waals surface area (Å²) in [4.78, 5) is 39.3. The molecular weight excluding hydrogens is 438 g/mol. The molecule has 4 aromatic rings. The Morgan fingerprint density at radius 1 is 1.06 bits per heavy atom. The lowest BCUT2D eigenvalue weighted by molar-refractivity contribution is -0.116. The molecule has 0 fully saturated rings. The lowest BCUT2D eigenvalue weighted by atomic mass is 10.0. The molecule has 0 saturated heterocycles. The maximum absolute atomic E-state index is 13.3. The predicted octanol–water partition coefficient (Wildman–Crippen LogP) is 4.04. The van der Waals surface area contributed by atoms with E-state index in [4.69, 9.17) is 4.74 Å². The molecule has 7 nitrogen and oxygen atoms in total. The smallest absolute Gasteiger partial charge is 0.332 e. The van der Waals surface area contributed by atoms with Gasteiger partial charge in [-0.3, -0.25) is 18.7 Å². The molecule has 0 bridgehead atoms. The first kappa shape index (κ1) is 22.5. The van der Waals surface area contributed by atoms with E-state index in [1.165, 1.54) is 15.9 Å². The largest absolute Gasteiger partial charge is 0.496 e. The summed E-state index contributed by atoms with van der Waals surface area (Å²) in [5, 5.41) is 4.62. The minimum atomic E-state index is -0.539. The number of rotatable bonds is 7.